The molecule has 0 saturated carbocycles. The molecule has 2 aromatic rings. The minimum atomic E-state index is 0.406. The highest BCUT2D eigenvalue weighted by Crippen LogP contribution is 2.43. The largest absolute Gasteiger partial charge is 0.493 e. The zero-order valence-corrected chi connectivity index (χ0v) is 13.1. The summed E-state index contributed by atoms with van der Waals surface area (Å²) in [5.41, 5.74) is 2.63. The Kier molecular flexibility index (Phi) is 3.43. The van der Waals surface area contributed by atoms with Crippen LogP contribution in [0.1, 0.15) is 52.4 Å². The number of rotatable bonds is 2. The lowest BCUT2D eigenvalue weighted by atomic mass is 9.93. The molecule has 1 N–H and O–H groups in total. The molecule has 2 aliphatic rings. The van der Waals surface area contributed by atoms with Crippen LogP contribution in [0.5, 0.6) is 5.75 Å². The Balaban J connectivity index is 1.74. The number of nitrogens with zero attached hydrogens (tertiary/aromatic N) is 1. The van der Waals surface area contributed by atoms with Crippen LogP contribution in [0, 0.1) is 0 Å². The molecule has 1 aliphatic carbocycles. The van der Waals surface area contributed by atoms with Gasteiger partial charge in [-0.2, -0.15) is 0 Å². The number of thiazole rings is 1. The molecule has 0 bridgehead atoms. The lowest BCUT2D eigenvalue weighted by Gasteiger charge is -2.24. The number of aromatic nitrogens is 1. The van der Waals surface area contributed by atoms with E-state index in [-0.39, 0.29) is 0 Å². The summed E-state index contributed by atoms with van der Waals surface area (Å²) < 4.78 is 5.78. The third-order valence-corrected chi connectivity index (χ3v) is 5.90. The molecular weight excluding hydrogens is 280 g/mol. The Morgan fingerprint density at radius 2 is 2.19 bits per heavy atom. The Morgan fingerprint density at radius 3 is 3.10 bits per heavy atom. The van der Waals surface area contributed by atoms with E-state index in [1.54, 1.807) is 0 Å². The fourth-order valence-corrected chi connectivity index (χ4v) is 4.87. The third-order valence-electron chi connectivity index (χ3n) is 4.57. The van der Waals surface area contributed by atoms with Gasteiger partial charge in [0.1, 0.15) is 10.8 Å². The highest BCUT2D eigenvalue weighted by molar-refractivity contribution is 7.12. The molecule has 1 aromatic carbocycles. The van der Waals surface area contributed by atoms with E-state index in [9.17, 15) is 0 Å². The predicted octanol–water partition coefficient (Wildman–Crippen LogP) is 3.65. The Hall–Kier alpha value is -1.39. The molecule has 0 saturated heterocycles. The minimum absolute atomic E-state index is 0.406. The van der Waals surface area contributed by atoms with Crippen LogP contribution in [0.25, 0.3) is 0 Å². The molecule has 21 heavy (non-hydrogen) atoms. The standard InChI is InChI=1S/C17H20N2OS/c1-18-13-6-4-7-14-16(13)21-17(19-14)12-9-10-20-15-8-3-2-5-11(12)15/h2-3,5,8,12-13,18H,4,6-7,9-10H2,1H3. The molecule has 4 rings (SSSR count). The number of aryl methyl sites for hydroxylation is 1. The fourth-order valence-electron chi connectivity index (χ4n) is 3.46. The first-order chi connectivity index (χ1) is 10.4. The molecule has 0 amide bonds. The lowest BCUT2D eigenvalue weighted by Crippen LogP contribution is -2.19. The Morgan fingerprint density at radius 1 is 1.29 bits per heavy atom. The highest BCUT2D eigenvalue weighted by Gasteiger charge is 2.29. The van der Waals surface area contributed by atoms with Crippen LogP contribution in [0.4, 0.5) is 0 Å². The summed E-state index contributed by atoms with van der Waals surface area (Å²) in [6.07, 6.45) is 4.64. The molecule has 1 aromatic heterocycles. The number of fused-ring (bicyclic) bond motifs is 2. The van der Waals surface area contributed by atoms with Crippen molar-refractivity contribution in [2.24, 2.45) is 0 Å². The first-order valence-electron chi connectivity index (χ1n) is 7.75. The van der Waals surface area contributed by atoms with E-state index in [1.165, 1.54) is 34.0 Å². The molecule has 2 atom stereocenters. The van der Waals surface area contributed by atoms with Crippen molar-refractivity contribution < 1.29 is 4.74 Å². The van der Waals surface area contributed by atoms with Crippen LogP contribution in [-0.2, 0) is 6.42 Å². The molecular formula is C17H20N2OS. The van der Waals surface area contributed by atoms with Gasteiger partial charge in [0.2, 0.25) is 0 Å². The summed E-state index contributed by atoms with van der Waals surface area (Å²) in [7, 11) is 2.06. The summed E-state index contributed by atoms with van der Waals surface area (Å²) in [6.45, 7) is 0.793. The van der Waals surface area contributed by atoms with Crippen molar-refractivity contribution >= 4 is 11.3 Å². The van der Waals surface area contributed by atoms with E-state index in [1.807, 2.05) is 17.4 Å². The summed E-state index contributed by atoms with van der Waals surface area (Å²) in [4.78, 5) is 6.46. The van der Waals surface area contributed by atoms with E-state index < -0.39 is 0 Å². The molecule has 1 aliphatic heterocycles. The molecule has 0 radical (unpaired) electrons. The van der Waals surface area contributed by atoms with Crippen LogP contribution in [-0.4, -0.2) is 18.6 Å². The molecule has 4 heteroatoms. The van der Waals surface area contributed by atoms with E-state index in [0.29, 0.717) is 12.0 Å². The van der Waals surface area contributed by atoms with Crippen LogP contribution in [0.3, 0.4) is 0 Å². The van der Waals surface area contributed by atoms with Crippen molar-refractivity contribution in [2.75, 3.05) is 13.7 Å². The maximum atomic E-state index is 5.78. The Labute approximate surface area is 129 Å². The average molecular weight is 300 g/mol. The SMILES string of the molecule is CNC1CCCc2nc(C3CCOc4ccccc43)sc21. The number of benzene rings is 1. The van der Waals surface area contributed by atoms with E-state index >= 15 is 0 Å². The molecule has 3 nitrogen and oxygen atoms in total. The van der Waals surface area contributed by atoms with Crippen molar-refractivity contribution in [1.82, 2.24) is 10.3 Å². The number of nitrogens with one attached hydrogen (secondary N) is 1. The van der Waals surface area contributed by atoms with Gasteiger partial charge in [0.15, 0.2) is 0 Å². The molecule has 0 spiro atoms. The van der Waals surface area contributed by atoms with Gasteiger partial charge in [-0.3, -0.25) is 0 Å². The lowest BCUT2D eigenvalue weighted by molar-refractivity contribution is 0.276. The van der Waals surface area contributed by atoms with Gasteiger partial charge >= 0.3 is 0 Å². The maximum Gasteiger partial charge on any atom is 0.123 e. The van der Waals surface area contributed by atoms with Crippen molar-refractivity contribution in [3.05, 3.63) is 45.4 Å². The van der Waals surface area contributed by atoms with Crippen LogP contribution in [0.15, 0.2) is 24.3 Å². The van der Waals surface area contributed by atoms with Crippen LogP contribution >= 0.6 is 11.3 Å². The zero-order chi connectivity index (χ0) is 14.2. The monoisotopic (exact) mass is 300 g/mol. The number of hydrogen-bond donors (Lipinski definition) is 1. The van der Waals surface area contributed by atoms with Gasteiger partial charge in [0.25, 0.3) is 0 Å². The molecule has 0 fully saturated rings. The summed E-state index contributed by atoms with van der Waals surface area (Å²) in [5, 5.41) is 4.72. The normalized spacial score (nSPS) is 24.0. The number of para-hydroxylation sites is 1. The van der Waals surface area contributed by atoms with Gasteiger partial charge < -0.3 is 10.1 Å². The second-order valence-corrected chi connectivity index (χ2v) is 6.89. The molecule has 110 valence electrons. The van der Waals surface area contributed by atoms with Crippen molar-refractivity contribution in [3.8, 4) is 5.75 Å². The highest BCUT2D eigenvalue weighted by atomic mass is 32.1. The number of ether oxygens (including phenoxy) is 1. The zero-order valence-electron chi connectivity index (χ0n) is 12.3. The Bertz CT molecular complexity index is 652. The first kappa shape index (κ1) is 13.3. The van der Waals surface area contributed by atoms with E-state index in [4.69, 9.17) is 9.72 Å². The fraction of sp³-hybridized carbons (Fsp3) is 0.471. The van der Waals surface area contributed by atoms with Crippen molar-refractivity contribution in [1.29, 1.82) is 0 Å². The van der Waals surface area contributed by atoms with Crippen molar-refractivity contribution in [3.63, 3.8) is 0 Å². The smallest absolute Gasteiger partial charge is 0.123 e. The molecule has 2 heterocycles. The summed E-state index contributed by atoms with van der Waals surface area (Å²) in [6, 6.07) is 8.91. The predicted molar refractivity (Wildman–Crippen MR) is 85.2 cm³/mol. The second kappa shape index (κ2) is 5.43. The topological polar surface area (TPSA) is 34.2 Å². The third kappa shape index (κ3) is 2.27. The minimum Gasteiger partial charge on any atom is -0.493 e. The summed E-state index contributed by atoms with van der Waals surface area (Å²) >= 11 is 1.91. The van der Waals surface area contributed by atoms with Crippen molar-refractivity contribution in [2.45, 2.75) is 37.6 Å². The van der Waals surface area contributed by atoms with Gasteiger partial charge in [0.05, 0.1) is 12.3 Å². The van der Waals surface area contributed by atoms with Gasteiger partial charge in [0, 0.05) is 22.4 Å². The van der Waals surface area contributed by atoms with Gasteiger partial charge in [-0.15, -0.1) is 11.3 Å². The van der Waals surface area contributed by atoms with Crippen LogP contribution in [0.2, 0.25) is 0 Å². The van der Waals surface area contributed by atoms with Gasteiger partial charge in [-0.05, 0) is 38.8 Å². The van der Waals surface area contributed by atoms with E-state index in [0.717, 1.165) is 25.2 Å². The van der Waals surface area contributed by atoms with Crippen LogP contribution < -0.4 is 10.1 Å². The molecule has 2 unspecified atom stereocenters. The quantitative estimate of drug-likeness (QED) is 0.919. The van der Waals surface area contributed by atoms with Gasteiger partial charge in [-0.1, -0.05) is 18.2 Å². The maximum absolute atomic E-state index is 5.78. The van der Waals surface area contributed by atoms with E-state index in [2.05, 4.69) is 30.6 Å². The summed E-state index contributed by atoms with van der Waals surface area (Å²) in [5.74, 6) is 1.44. The number of hydrogen-bond acceptors (Lipinski definition) is 4. The second-order valence-electron chi connectivity index (χ2n) is 5.82. The first-order valence-corrected chi connectivity index (χ1v) is 8.57. The van der Waals surface area contributed by atoms with Gasteiger partial charge in [-0.25, -0.2) is 4.98 Å². The average Bonchev–Trinajstić information content (AvgIpc) is 2.98.